The maximum atomic E-state index is 11.0. The second-order valence-corrected chi connectivity index (χ2v) is 4.11. The molecule has 0 radical (unpaired) electrons. The number of amidine groups is 1. The molecule has 1 aromatic carbocycles. The highest BCUT2D eigenvalue weighted by Gasteiger charge is 2.19. The largest absolute Gasteiger partial charge is 0.496 e. The number of carbonyl (C=O) groups is 1. The number of methoxy groups -OCH3 is 1. The van der Waals surface area contributed by atoms with Crippen molar-refractivity contribution in [2.45, 2.75) is 0 Å². The van der Waals surface area contributed by atoms with E-state index in [2.05, 4.69) is 4.99 Å². The van der Waals surface area contributed by atoms with Crippen LogP contribution in [-0.4, -0.2) is 18.2 Å². The first-order valence-corrected chi connectivity index (χ1v) is 5.43. The molecule has 2 N–H and O–H groups in total. The Morgan fingerprint density at radius 1 is 1.44 bits per heavy atom. The molecule has 1 heterocycles. The minimum atomic E-state index is -0.279. The average molecular weight is 234 g/mol. The maximum absolute atomic E-state index is 11.0. The van der Waals surface area contributed by atoms with Crippen molar-refractivity contribution in [2.24, 2.45) is 10.7 Å². The summed E-state index contributed by atoms with van der Waals surface area (Å²) in [5.74, 6) is 1.00. The van der Waals surface area contributed by atoms with E-state index in [4.69, 9.17) is 10.5 Å². The zero-order chi connectivity index (χ0) is 11.5. The number of thioether (sulfide) groups is 1. The first-order valence-electron chi connectivity index (χ1n) is 4.62. The lowest BCUT2D eigenvalue weighted by atomic mass is 10.2. The minimum Gasteiger partial charge on any atom is -0.496 e. The van der Waals surface area contributed by atoms with E-state index in [0.29, 0.717) is 4.91 Å². The monoisotopic (exact) mass is 234 g/mol. The molecule has 4 nitrogen and oxygen atoms in total. The predicted molar refractivity (Wildman–Crippen MR) is 65.6 cm³/mol. The number of ether oxygens (including phenoxy) is 1. The van der Waals surface area contributed by atoms with Gasteiger partial charge in [0.15, 0.2) is 0 Å². The molecule has 0 atom stereocenters. The highest BCUT2D eigenvalue weighted by molar-refractivity contribution is 8.18. The van der Waals surface area contributed by atoms with E-state index in [9.17, 15) is 4.79 Å². The number of benzene rings is 1. The number of rotatable bonds is 2. The summed E-state index contributed by atoms with van der Waals surface area (Å²) in [5, 5.41) is -0.279. The number of aliphatic imine (C=N–C) groups is 1. The Hall–Kier alpha value is -1.75. The molecule has 0 spiro atoms. The topological polar surface area (TPSA) is 64.7 Å². The lowest BCUT2D eigenvalue weighted by molar-refractivity contribution is 0.268. The normalized spacial score (nSPS) is 17.7. The average Bonchev–Trinajstić information content (AvgIpc) is 2.58. The van der Waals surface area contributed by atoms with Crippen molar-refractivity contribution in [2.75, 3.05) is 7.11 Å². The van der Waals surface area contributed by atoms with Gasteiger partial charge in [0.1, 0.15) is 11.6 Å². The zero-order valence-corrected chi connectivity index (χ0v) is 9.45. The summed E-state index contributed by atoms with van der Waals surface area (Å²) >= 11 is 1.03. The summed E-state index contributed by atoms with van der Waals surface area (Å²) in [5.41, 5.74) is 6.48. The van der Waals surface area contributed by atoms with Crippen LogP contribution in [0.5, 0.6) is 5.75 Å². The van der Waals surface area contributed by atoms with E-state index in [0.717, 1.165) is 23.1 Å². The molecular weight excluding hydrogens is 224 g/mol. The van der Waals surface area contributed by atoms with Gasteiger partial charge in [-0.25, -0.2) is 0 Å². The van der Waals surface area contributed by atoms with Gasteiger partial charge in [-0.05, 0) is 23.9 Å². The number of amides is 1. The molecule has 82 valence electrons. The van der Waals surface area contributed by atoms with Crippen LogP contribution in [-0.2, 0) is 0 Å². The van der Waals surface area contributed by atoms with Crippen LogP contribution in [0.15, 0.2) is 34.2 Å². The smallest absolute Gasteiger partial charge is 0.311 e. The highest BCUT2D eigenvalue weighted by Crippen LogP contribution is 2.29. The third-order valence-corrected chi connectivity index (χ3v) is 2.90. The van der Waals surface area contributed by atoms with Crippen LogP contribution < -0.4 is 10.5 Å². The van der Waals surface area contributed by atoms with Gasteiger partial charge in [-0.15, -0.1) is 0 Å². The third kappa shape index (κ3) is 2.09. The van der Waals surface area contributed by atoms with Crippen molar-refractivity contribution in [1.29, 1.82) is 0 Å². The summed E-state index contributed by atoms with van der Waals surface area (Å²) in [4.78, 5) is 15.3. The second-order valence-electron chi connectivity index (χ2n) is 3.12. The Labute approximate surface area is 97.2 Å². The molecular formula is C11H10N2O2S. The Balaban J connectivity index is 2.37. The molecule has 0 fully saturated rings. The number of para-hydroxylation sites is 1. The van der Waals surface area contributed by atoms with E-state index in [1.807, 2.05) is 24.3 Å². The molecule has 0 saturated carbocycles. The van der Waals surface area contributed by atoms with Crippen molar-refractivity contribution in [1.82, 2.24) is 0 Å². The molecule has 1 amide bonds. The minimum absolute atomic E-state index is 0.265. The van der Waals surface area contributed by atoms with Crippen LogP contribution >= 0.6 is 11.8 Å². The Morgan fingerprint density at radius 3 is 2.81 bits per heavy atom. The molecule has 0 aliphatic carbocycles. The molecule has 2 rings (SSSR count). The van der Waals surface area contributed by atoms with Crippen molar-refractivity contribution < 1.29 is 9.53 Å². The van der Waals surface area contributed by atoms with E-state index in [1.54, 1.807) is 13.2 Å². The highest BCUT2D eigenvalue weighted by atomic mass is 32.2. The van der Waals surface area contributed by atoms with Gasteiger partial charge in [0.05, 0.1) is 12.0 Å². The number of carbonyl (C=O) groups excluding carboxylic acids is 1. The molecule has 0 unspecified atom stereocenters. The van der Waals surface area contributed by atoms with E-state index >= 15 is 0 Å². The molecule has 1 aliphatic rings. The van der Waals surface area contributed by atoms with Crippen molar-refractivity contribution >= 4 is 28.9 Å². The Kier molecular flexibility index (Phi) is 2.96. The maximum Gasteiger partial charge on any atom is 0.311 e. The zero-order valence-electron chi connectivity index (χ0n) is 8.64. The summed E-state index contributed by atoms with van der Waals surface area (Å²) < 4.78 is 5.20. The molecule has 1 aliphatic heterocycles. The quantitative estimate of drug-likeness (QED) is 0.852. The molecule has 1 aromatic rings. The van der Waals surface area contributed by atoms with Crippen LogP contribution in [0.4, 0.5) is 4.79 Å². The Morgan fingerprint density at radius 2 is 2.19 bits per heavy atom. The first-order chi connectivity index (χ1) is 7.70. The summed E-state index contributed by atoms with van der Waals surface area (Å²) in [6, 6.07) is 7.51. The Bertz CT molecular complexity index is 495. The van der Waals surface area contributed by atoms with Gasteiger partial charge >= 0.3 is 5.24 Å². The molecule has 0 bridgehead atoms. The van der Waals surface area contributed by atoms with Gasteiger partial charge in [0, 0.05) is 5.56 Å². The summed E-state index contributed by atoms with van der Waals surface area (Å²) in [7, 11) is 1.60. The van der Waals surface area contributed by atoms with Gasteiger partial charge in [-0.3, -0.25) is 4.79 Å². The lowest BCUT2D eigenvalue weighted by Gasteiger charge is -2.04. The lowest BCUT2D eigenvalue weighted by Crippen LogP contribution is -2.08. The van der Waals surface area contributed by atoms with Crippen LogP contribution in [0.1, 0.15) is 5.56 Å². The number of nitrogens with zero attached hydrogens (tertiary/aromatic N) is 1. The SMILES string of the molecule is COc1ccccc1/C=C1\SC(=O)N=C1N. The van der Waals surface area contributed by atoms with Crippen molar-refractivity contribution in [3.8, 4) is 5.75 Å². The van der Waals surface area contributed by atoms with E-state index in [1.165, 1.54) is 0 Å². The fraction of sp³-hybridized carbons (Fsp3) is 0.0909. The molecule has 0 saturated heterocycles. The van der Waals surface area contributed by atoms with Gasteiger partial charge in [-0.1, -0.05) is 18.2 Å². The van der Waals surface area contributed by atoms with E-state index in [-0.39, 0.29) is 11.1 Å². The second kappa shape index (κ2) is 4.40. The fourth-order valence-corrected chi connectivity index (χ4v) is 2.02. The number of hydrogen-bond acceptors (Lipinski definition) is 4. The van der Waals surface area contributed by atoms with Gasteiger partial charge in [0.25, 0.3) is 0 Å². The molecule has 16 heavy (non-hydrogen) atoms. The fourth-order valence-electron chi connectivity index (χ4n) is 1.35. The van der Waals surface area contributed by atoms with Gasteiger partial charge < -0.3 is 10.5 Å². The standard InChI is InChI=1S/C11H10N2O2S/c1-15-8-5-3-2-4-7(8)6-9-10(12)13-11(14)16-9/h2-6H,1H3,(H2,12,13,14)/b9-6-. The number of nitrogens with two attached hydrogens (primary N) is 1. The van der Waals surface area contributed by atoms with Gasteiger partial charge in [0.2, 0.25) is 0 Å². The van der Waals surface area contributed by atoms with E-state index < -0.39 is 0 Å². The summed E-state index contributed by atoms with van der Waals surface area (Å²) in [6.07, 6.45) is 1.80. The first kappa shape index (κ1) is 10.8. The predicted octanol–water partition coefficient (Wildman–Crippen LogP) is 2.26. The number of hydrogen-bond donors (Lipinski definition) is 1. The van der Waals surface area contributed by atoms with Crippen LogP contribution in [0.25, 0.3) is 6.08 Å². The molecule has 0 aromatic heterocycles. The summed E-state index contributed by atoms with van der Waals surface area (Å²) in [6.45, 7) is 0. The van der Waals surface area contributed by atoms with Crippen LogP contribution in [0, 0.1) is 0 Å². The van der Waals surface area contributed by atoms with Gasteiger partial charge in [-0.2, -0.15) is 4.99 Å². The van der Waals surface area contributed by atoms with Crippen molar-refractivity contribution in [3.63, 3.8) is 0 Å². The van der Waals surface area contributed by atoms with Crippen LogP contribution in [0.2, 0.25) is 0 Å². The van der Waals surface area contributed by atoms with Crippen molar-refractivity contribution in [3.05, 3.63) is 34.7 Å². The van der Waals surface area contributed by atoms with Crippen LogP contribution in [0.3, 0.4) is 0 Å². The third-order valence-electron chi connectivity index (χ3n) is 2.09. The molecule has 5 heteroatoms.